The first-order chi connectivity index (χ1) is 13.2. The van der Waals surface area contributed by atoms with Crippen LogP contribution in [0.3, 0.4) is 0 Å². The van der Waals surface area contributed by atoms with Crippen LogP contribution in [0.1, 0.15) is 18.1 Å². The molecule has 0 aromatic heterocycles. The average molecular weight is 360 g/mol. The van der Waals surface area contributed by atoms with Gasteiger partial charge < -0.3 is 14.6 Å². The molecule has 0 aliphatic carbocycles. The summed E-state index contributed by atoms with van der Waals surface area (Å²) in [6.07, 6.45) is 3.39. The maximum Gasteiger partial charge on any atom is 0.176 e. The fourth-order valence-corrected chi connectivity index (χ4v) is 2.34. The third-order valence-electron chi connectivity index (χ3n) is 3.65. The lowest BCUT2D eigenvalue weighted by atomic mass is 10.2. The molecule has 0 atom stereocenters. The Bertz CT molecular complexity index is 870. The summed E-state index contributed by atoms with van der Waals surface area (Å²) in [5, 5.41) is 9.04. The van der Waals surface area contributed by atoms with Gasteiger partial charge in [-0.05, 0) is 31.2 Å². The van der Waals surface area contributed by atoms with Crippen LogP contribution in [0.5, 0.6) is 23.0 Å². The first kappa shape index (κ1) is 19.9. The van der Waals surface area contributed by atoms with E-state index < -0.39 is 0 Å². The molecule has 0 bridgehead atoms. The second-order valence-electron chi connectivity index (χ2n) is 5.49. The van der Waals surface area contributed by atoms with E-state index >= 15 is 0 Å². The van der Waals surface area contributed by atoms with E-state index in [0.29, 0.717) is 12.4 Å². The molecule has 0 aliphatic rings. The van der Waals surface area contributed by atoms with Crippen LogP contribution in [0.25, 0.3) is 12.2 Å². The first-order valence-electron chi connectivity index (χ1n) is 8.71. The largest absolute Gasteiger partial charge is 0.507 e. The van der Waals surface area contributed by atoms with Crippen molar-refractivity contribution in [3.05, 3.63) is 97.1 Å². The molecule has 3 aromatic carbocycles. The molecule has 138 valence electrons. The van der Waals surface area contributed by atoms with Crippen LogP contribution in [0, 0.1) is 0 Å². The van der Waals surface area contributed by atoms with E-state index in [0.717, 1.165) is 22.6 Å². The summed E-state index contributed by atoms with van der Waals surface area (Å²) in [6, 6.07) is 22.5. The topological polar surface area (TPSA) is 38.7 Å². The molecule has 3 heteroatoms. The Labute approximate surface area is 160 Å². The normalized spacial score (nSPS) is 9.52. The van der Waals surface area contributed by atoms with Crippen LogP contribution in [0.4, 0.5) is 0 Å². The van der Waals surface area contributed by atoms with E-state index in [9.17, 15) is 0 Å². The number of hydrogen-bond donors (Lipinski definition) is 1. The quantitative estimate of drug-likeness (QED) is 0.541. The Balaban J connectivity index is 0.000000244. The second kappa shape index (κ2) is 10.5. The van der Waals surface area contributed by atoms with Gasteiger partial charge in [-0.2, -0.15) is 0 Å². The van der Waals surface area contributed by atoms with Crippen LogP contribution in [0.2, 0.25) is 0 Å². The molecule has 3 nitrogen and oxygen atoms in total. The van der Waals surface area contributed by atoms with E-state index in [1.54, 1.807) is 24.3 Å². The number of phenolic OH excluding ortho intramolecular Hbond substituents is 1. The Morgan fingerprint density at radius 2 is 1.44 bits per heavy atom. The van der Waals surface area contributed by atoms with Gasteiger partial charge in [-0.1, -0.05) is 73.8 Å². The van der Waals surface area contributed by atoms with Gasteiger partial charge in [0.1, 0.15) is 11.5 Å². The maximum atomic E-state index is 9.04. The summed E-state index contributed by atoms with van der Waals surface area (Å²) in [4.78, 5) is 0. The minimum atomic E-state index is 0.285. The van der Waals surface area contributed by atoms with E-state index in [1.807, 2.05) is 67.6 Å². The van der Waals surface area contributed by atoms with Crippen molar-refractivity contribution < 1.29 is 14.6 Å². The zero-order valence-corrected chi connectivity index (χ0v) is 15.5. The van der Waals surface area contributed by atoms with Gasteiger partial charge in [-0.25, -0.2) is 0 Å². The summed E-state index contributed by atoms with van der Waals surface area (Å²) in [5.41, 5.74) is 1.70. The first-order valence-corrected chi connectivity index (χ1v) is 8.71. The van der Waals surface area contributed by atoms with Crippen LogP contribution >= 0.6 is 0 Å². The van der Waals surface area contributed by atoms with Crippen molar-refractivity contribution in [1.82, 2.24) is 0 Å². The van der Waals surface area contributed by atoms with Crippen molar-refractivity contribution in [3.63, 3.8) is 0 Å². The van der Waals surface area contributed by atoms with Gasteiger partial charge in [0.25, 0.3) is 0 Å². The zero-order chi connectivity index (χ0) is 19.5. The SMILES string of the molecule is C=Cc1cccc(OCC)c1Oc1ccccc1.C=Cc1ccccc1O. The highest BCUT2D eigenvalue weighted by Gasteiger charge is 2.09. The Kier molecular flexibility index (Phi) is 7.73. The molecule has 0 radical (unpaired) electrons. The standard InChI is InChI=1S/C16H16O2.C8H8O/c1-3-13-9-8-12-15(17-4-2)16(13)18-14-10-6-5-7-11-14;1-2-7-5-3-4-6-8(7)9/h3,5-12H,1,4H2,2H3;2-6,9H,1H2. The number of para-hydroxylation sites is 3. The van der Waals surface area contributed by atoms with Crippen molar-refractivity contribution in [2.24, 2.45) is 0 Å². The van der Waals surface area contributed by atoms with Gasteiger partial charge in [0, 0.05) is 11.1 Å². The van der Waals surface area contributed by atoms with Gasteiger partial charge >= 0.3 is 0 Å². The summed E-state index contributed by atoms with van der Waals surface area (Å²) in [5.74, 6) is 2.51. The van der Waals surface area contributed by atoms with E-state index in [1.165, 1.54) is 0 Å². The van der Waals surface area contributed by atoms with E-state index in [-0.39, 0.29) is 5.75 Å². The summed E-state index contributed by atoms with van der Waals surface area (Å²) in [6.45, 7) is 9.88. The lowest BCUT2D eigenvalue weighted by Crippen LogP contribution is -1.96. The van der Waals surface area contributed by atoms with Crippen LogP contribution in [-0.2, 0) is 0 Å². The lowest BCUT2D eigenvalue weighted by Gasteiger charge is -2.13. The number of ether oxygens (including phenoxy) is 2. The van der Waals surface area contributed by atoms with Crippen molar-refractivity contribution >= 4 is 12.2 Å². The van der Waals surface area contributed by atoms with Gasteiger partial charge in [0.05, 0.1) is 6.61 Å². The molecular formula is C24H24O3. The van der Waals surface area contributed by atoms with Crippen LogP contribution in [0.15, 0.2) is 86.0 Å². The number of rotatable bonds is 6. The van der Waals surface area contributed by atoms with Crippen LogP contribution in [-0.4, -0.2) is 11.7 Å². The monoisotopic (exact) mass is 360 g/mol. The lowest BCUT2D eigenvalue weighted by molar-refractivity contribution is 0.321. The van der Waals surface area contributed by atoms with E-state index in [4.69, 9.17) is 14.6 Å². The molecule has 0 fully saturated rings. The highest BCUT2D eigenvalue weighted by molar-refractivity contribution is 5.62. The highest BCUT2D eigenvalue weighted by atomic mass is 16.5. The maximum absolute atomic E-state index is 9.04. The third kappa shape index (κ3) is 5.79. The fourth-order valence-electron chi connectivity index (χ4n) is 2.34. The highest BCUT2D eigenvalue weighted by Crippen LogP contribution is 2.35. The van der Waals surface area contributed by atoms with Crippen molar-refractivity contribution in [3.8, 4) is 23.0 Å². The molecule has 0 aliphatic heterocycles. The molecule has 0 saturated heterocycles. The Morgan fingerprint density at radius 3 is 2.04 bits per heavy atom. The molecule has 0 saturated carbocycles. The summed E-state index contributed by atoms with van der Waals surface area (Å²) < 4.78 is 11.5. The minimum Gasteiger partial charge on any atom is -0.507 e. The molecule has 1 N–H and O–H groups in total. The molecule has 3 rings (SSSR count). The molecule has 27 heavy (non-hydrogen) atoms. The van der Waals surface area contributed by atoms with Crippen LogP contribution < -0.4 is 9.47 Å². The minimum absolute atomic E-state index is 0.285. The van der Waals surface area contributed by atoms with Gasteiger partial charge in [0.2, 0.25) is 0 Å². The molecule has 0 amide bonds. The van der Waals surface area contributed by atoms with E-state index in [2.05, 4.69) is 13.2 Å². The third-order valence-corrected chi connectivity index (χ3v) is 3.65. The van der Waals surface area contributed by atoms with Crippen molar-refractivity contribution in [2.45, 2.75) is 6.92 Å². The second-order valence-corrected chi connectivity index (χ2v) is 5.49. The average Bonchev–Trinajstić information content (AvgIpc) is 2.71. The summed E-state index contributed by atoms with van der Waals surface area (Å²) in [7, 11) is 0. The van der Waals surface area contributed by atoms with Gasteiger partial charge in [-0.3, -0.25) is 0 Å². The number of phenols is 1. The molecule has 0 heterocycles. The molecule has 0 spiro atoms. The molecule has 3 aromatic rings. The number of benzene rings is 3. The predicted octanol–water partition coefficient (Wildman–Crippen LogP) is 6.56. The van der Waals surface area contributed by atoms with Gasteiger partial charge in [0.15, 0.2) is 11.5 Å². The smallest absolute Gasteiger partial charge is 0.176 e. The van der Waals surface area contributed by atoms with Crippen molar-refractivity contribution in [1.29, 1.82) is 0 Å². The Morgan fingerprint density at radius 1 is 0.815 bits per heavy atom. The van der Waals surface area contributed by atoms with Gasteiger partial charge in [-0.15, -0.1) is 0 Å². The summed E-state index contributed by atoms with van der Waals surface area (Å²) >= 11 is 0. The van der Waals surface area contributed by atoms with Crippen molar-refractivity contribution in [2.75, 3.05) is 6.61 Å². The zero-order valence-electron chi connectivity index (χ0n) is 15.5. The molecule has 0 unspecified atom stereocenters. The fraction of sp³-hybridized carbons (Fsp3) is 0.0833. The Hall–Kier alpha value is -3.46. The number of hydrogen-bond acceptors (Lipinski definition) is 3. The molecular weight excluding hydrogens is 336 g/mol. The number of aromatic hydroxyl groups is 1. The predicted molar refractivity (Wildman–Crippen MR) is 112 cm³/mol.